The fourth-order valence-electron chi connectivity index (χ4n) is 3.95. The molecule has 1 aromatic heterocycles. The van der Waals surface area contributed by atoms with Crippen molar-refractivity contribution in [3.05, 3.63) is 65.4 Å². The first kappa shape index (κ1) is 23.2. The third-order valence-corrected chi connectivity index (χ3v) is 5.88. The molecule has 1 aliphatic heterocycles. The SMILES string of the molecule is CCOC(=O)Cn1c(C)c(/C=C2\C(=O)NC(=S)N(c3ccc(OC)cc3)C2=O)c2ccccc21. The molecule has 174 valence electrons. The molecular weight excluding hydrogens is 454 g/mol. The molecule has 0 atom stereocenters. The number of rotatable bonds is 6. The Bertz CT molecular complexity index is 1340. The van der Waals surface area contributed by atoms with Gasteiger partial charge < -0.3 is 14.0 Å². The van der Waals surface area contributed by atoms with Crippen LogP contribution in [0.3, 0.4) is 0 Å². The van der Waals surface area contributed by atoms with Crippen LogP contribution in [0.25, 0.3) is 17.0 Å². The highest BCUT2D eigenvalue weighted by Crippen LogP contribution is 2.30. The summed E-state index contributed by atoms with van der Waals surface area (Å²) in [5.74, 6) is -0.862. The molecule has 0 spiro atoms. The van der Waals surface area contributed by atoms with E-state index in [4.69, 9.17) is 21.7 Å². The summed E-state index contributed by atoms with van der Waals surface area (Å²) in [7, 11) is 1.55. The molecule has 34 heavy (non-hydrogen) atoms. The van der Waals surface area contributed by atoms with Gasteiger partial charge in [0.1, 0.15) is 17.9 Å². The number of carbonyl (C=O) groups excluding carboxylic acids is 3. The standard InChI is InChI=1S/C25H23N3O5S/c1-4-33-22(29)14-27-15(2)19(18-7-5-6-8-21(18)27)13-20-23(30)26-25(34)28(24(20)31)16-9-11-17(32-3)12-10-16/h5-13H,4,14H2,1-3H3,(H,26,30,34)/b20-13+. The number of nitrogens with one attached hydrogen (secondary N) is 1. The molecule has 0 unspecified atom stereocenters. The van der Waals surface area contributed by atoms with Gasteiger partial charge in [0.05, 0.1) is 19.4 Å². The van der Waals surface area contributed by atoms with E-state index in [1.165, 1.54) is 4.90 Å². The van der Waals surface area contributed by atoms with Crippen molar-refractivity contribution in [1.29, 1.82) is 0 Å². The van der Waals surface area contributed by atoms with Crippen molar-refractivity contribution < 1.29 is 23.9 Å². The second-order valence-electron chi connectivity index (χ2n) is 7.56. The molecule has 0 bridgehead atoms. The number of methoxy groups -OCH3 is 1. The number of thiocarbonyl (C=S) groups is 1. The molecule has 1 fully saturated rings. The Hall–Kier alpha value is -3.98. The summed E-state index contributed by atoms with van der Waals surface area (Å²) in [5.41, 5.74) is 2.63. The van der Waals surface area contributed by atoms with Gasteiger partial charge in [0.15, 0.2) is 5.11 Å². The van der Waals surface area contributed by atoms with Gasteiger partial charge in [-0.05, 0) is 62.5 Å². The van der Waals surface area contributed by atoms with Crippen molar-refractivity contribution in [3.8, 4) is 5.75 Å². The van der Waals surface area contributed by atoms with Crippen LogP contribution in [0.5, 0.6) is 5.75 Å². The second kappa shape index (κ2) is 9.48. The number of ether oxygens (including phenoxy) is 2. The first-order valence-corrected chi connectivity index (χ1v) is 11.1. The van der Waals surface area contributed by atoms with Crippen LogP contribution in [0.4, 0.5) is 5.69 Å². The molecule has 8 nitrogen and oxygen atoms in total. The first-order valence-electron chi connectivity index (χ1n) is 10.6. The Balaban J connectivity index is 1.79. The highest BCUT2D eigenvalue weighted by molar-refractivity contribution is 7.80. The Morgan fingerprint density at radius 1 is 1.12 bits per heavy atom. The van der Waals surface area contributed by atoms with Crippen LogP contribution >= 0.6 is 12.2 Å². The predicted octanol–water partition coefficient (Wildman–Crippen LogP) is 3.35. The van der Waals surface area contributed by atoms with Gasteiger partial charge in [-0.25, -0.2) is 0 Å². The van der Waals surface area contributed by atoms with Crippen molar-refractivity contribution in [2.75, 3.05) is 18.6 Å². The summed E-state index contributed by atoms with van der Waals surface area (Å²) in [5, 5.41) is 3.40. The third kappa shape index (κ3) is 4.17. The van der Waals surface area contributed by atoms with E-state index in [1.54, 1.807) is 44.4 Å². The Morgan fingerprint density at radius 2 is 1.82 bits per heavy atom. The zero-order valence-electron chi connectivity index (χ0n) is 19.0. The quantitative estimate of drug-likeness (QED) is 0.254. The number of aromatic nitrogens is 1. The van der Waals surface area contributed by atoms with E-state index in [0.29, 0.717) is 17.0 Å². The maximum atomic E-state index is 13.4. The number of hydrogen-bond donors (Lipinski definition) is 1. The molecular formula is C25H23N3O5S. The average molecular weight is 478 g/mol. The molecule has 3 aromatic rings. The smallest absolute Gasteiger partial charge is 0.325 e. The largest absolute Gasteiger partial charge is 0.497 e. The lowest BCUT2D eigenvalue weighted by Crippen LogP contribution is -2.54. The number of benzene rings is 2. The lowest BCUT2D eigenvalue weighted by Gasteiger charge is -2.29. The van der Waals surface area contributed by atoms with Crippen LogP contribution in [-0.2, 0) is 25.7 Å². The molecule has 2 aromatic carbocycles. The zero-order chi connectivity index (χ0) is 24.4. The number of amides is 2. The van der Waals surface area contributed by atoms with Crippen molar-refractivity contribution in [2.24, 2.45) is 0 Å². The van der Waals surface area contributed by atoms with E-state index < -0.39 is 11.8 Å². The topological polar surface area (TPSA) is 89.9 Å². The van der Waals surface area contributed by atoms with E-state index in [2.05, 4.69) is 5.32 Å². The fraction of sp³-hybridized carbons (Fsp3) is 0.200. The summed E-state index contributed by atoms with van der Waals surface area (Å²) >= 11 is 5.28. The highest BCUT2D eigenvalue weighted by atomic mass is 32.1. The zero-order valence-corrected chi connectivity index (χ0v) is 19.8. The molecule has 1 N–H and O–H groups in total. The number of hydrogen-bond acceptors (Lipinski definition) is 6. The van der Waals surface area contributed by atoms with Crippen LogP contribution in [0.2, 0.25) is 0 Å². The normalized spacial score (nSPS) is 15.1. The lowest BCUT2D eigenvalue weighted by atomic mass is 10.0. The van der Waals surface area contributed by atoms with Gasteiger partial charge in [-0.2, -0.15) is 0 Å². The van der Waals surface area contributed by atoms with E-state index in [1.807, 2.05) is 35.8 Å². The number of fused-ring (bicyclic) bond motifs is 1. The minimum Gasteiger partial charge on any atom is -0.497 e. The minimum absolute atomic E-state index is 0.00113. The van der Waals surface area contributed by atoms with Crippen molar-refractivity contribution in [3.63, 3.8) is 0 Å². The minimum atomic E-state index is -0.582. The number of para-hydroxylation sites is 1. The van der Waals surface area contributed by atoms with E-state index >= 15 is 0 Å². The summed E-state index contributed by atoms with van der Waals surface area (Å²) < 4.78 is 12.1. The number of carbonyl (C=O) groups is 3. The highest BCUT2D eigenvalue weighted by Gasteiger charge is 2.35. The van der Waals surface area contributed by atoms with Gasteiger partial charge >= 0.3 is 5.97 Å². The van der Waals surface area contributed by atoms with Gasteiger partial charge in [-0.15, -0.1) is 0 Å². The van der Waals surface area contributed by atoms with Gasteiger partial charge in [0, 0.05) is 22.2 Å². The second-order valence-corrected chi connectivity index (χ2v) is 7.95. The van der Waals surface area contributed by atoms with E-state index in [9.17, 15) is 14.4 Å². The fourth-order valence-corrected chi connectivity index (χ4v) is 4.23. The molecule has 9 heteroatoms. The van der Waals surface area contributed by atoms with Gasteiger partial charge in [-0.1, -0.05) is 18.2 Å². The molecule has 1 saturated heterocycles. The Morgan fingerprint density at radius 3 is 2.50 bits per heavy atom. The molecule has 2 amide bonds. The summed E-state index contributed by atoms with van der Waals surface area (Å²) in [6.07, 6.45) is 1.55. The van der Waals surface area contributed by atoms with Gasteiger partial charge in [0.2, 0.25) is 0 Å². The molecule has 2 heterocycles. The van der Waals surface area contributed by atoms with E-state index in [-0.39, 0.29) is 29.8 Å². The van der Waals surface area contributed by atoms with Crippen molar-refractivity contribution in [2.45, 2.75) is 20.4 Å². The van der Waals surface area contributed by atoms with Gasteiger partial charge in [0.25, 0.3) is 11.8 Å². The molecule has 0 aliphatic carbocycles. The number of esters is 1. The van der Waals surface area contributed by atoms with Crippen LogP contribution in [0.15, 0.2) is 54.1 Å². The van der Waals surface area contributed by atoms with Crippen molar-refractivity contribution >= 4 is 57.8 Å². The van der Waals surface area contributed by atoms with Gasteiger partial charge in [-0.3, -0.25) is 24.6 Å². The first-order chi connectivity index (χ1) is 16.3. The summed E-state index contributed by atoms with van der Waals surface area (Å²) in [4.78, 5) is 39.7. The molecule has 0 saturated carbocycles. The van der Waals surface area contributed by atoms with E-state index in [0.717, 1.165) is 16.6 Å². The maximum Gasteiger partial charge on any atom is 0.325 e. The molecule has 1 aliphatic rings. The number of nitrogens with zero attached hydrogens (tertiary/aromatic N) is 2. The van der Waals surface area contributed by atoms with Crippen LogP contribution in [0, 0.1) is 6.92 Å². The predicted molar refractivity (Wildman–Crippen MR) is 133 cm³/mol. The van der Waals surface area contributed by atoms with Crippen LogP contribution in [0.1, 0.15) is 18.2 Å². The van der Waals surface area contributed by atoms with Crippen LogP contribution < -0.4 is 15.0 Å². The summed E-state index contributed by atoms with van der Waals surface area (Å²) in [6.45, 7) is 3.89. The molecule has 4 rings (SSSR count). The van der Waals surface area contributed by atoms with Crippen LogP contribution in [-0.4, -0.2) is 41.2 Å². The summed E-state index contributed by atoms with van der Waals surface area (Å²) in [6, 6.07) is 14.3. The Kier molecular flexibility index (Phi) is 6.47. The lowest BCUT2D eigenvalue weighted by molar-refractivity contribution is -0.143. The number of anilines is 1. The van der Waals surface area contributed by atoms with Crippen molar-refractivity contribution in [1.82, 2.24) is 9.88 Å². The third-order valence-electron chi connectivity index (χ3n) is 5.59. The molecule has 0 radical (unpaired) electrons. The monoisotopic (exact) mass is 477 g/mol. The Labute approximate surface area is 201 Å². The maximum absolute atomic E-state index is 13.4. The average Bonchev–Trinajstić information content (AvgIpc) is 3.08.